The van der Waals surface area contributed by atoms with Crippen LogP contribution in [0, 0.1) is 0 Å². The smallest absolute Gasteiger partial charge is 0.251 e. The maximum Gasteiger partial charge on any atom is 0.251 e. The minimum Gasteiger partial charge on any atom is -0.350 e. The molecule has 1 aliphatic rings. The lowest BCUT2D eigenvalue weighted by Gasteiger charge is -2.23. The van der Waals surface area contributed by atoms with E-state index in [4.69, 9.17) is 0 Å². The van der Waals surface area contributed by atoms with Gasteiger partial charge >= 0.3 is 0 Å². The van der Waals surface area contributed by atoms with Crippen LogP contribution in [0.4, 0.5) is 0 Å². The number of nitrogens with zero attached hydrogens (tertiary/aromatic N) is 2. The number of amides is 1. The summed E-state index contributed by atoms with van der Waals surface area (Å²) in [6, 6.07) is 10.5. The molecule has 8 heteroatoms. The van der Waals surface area contributed by atoms with Crippen LogP contribution in [0.1, 0.15) is 47.0 Å². The molecule has 158 valence electrons. The van der Waals surface area contributed by atoms with Crippen LogP contribution in [-0.2, 0) is 10.0 Å². The quantitative estimate of drug-likeness (QED) is 0.724. The number of thiophene rings is 1. The van der Waals surface area contributed by atoms with Crippen LogP contribution in [-0.4, -0.2) is 57.3 Å². The number of carbonyl (C=O) groups excluding carboxylic acids is 1. The number of hydrogen-bond acceptors (Lipinski definition) is 5. The first-order valence-electron chi connectivity index (χ1n) is 9.98. The highest BCUT2D eigenvalue weighted by Crippen LogP contribution is 2.23. The summed E-state index contributed by atoms with van der Waals surface area (Å²) < 4.78 is 27.6. The van der Waals surface area contributed by atoms with Crippen LogP contribution in [0.5, 0.6) is 0 Å². The normalized spacial score (nSPS) is 17.1. The van der Waals surface area contributed by atoms with Gasteiger partial charge in [-0.2, -0.15) is 4.31 Å². The van der Waals surface area contributed by atoms with Gasteiger partial charge in [-0.25, -0.2) is 8.42 Å². The molecule has 1 aromatic heterocycles. The highest BCUT2D eigenvalue weighted by atomic mass is 32.2. The fourth-order valence-electron chi connectivity index (χ4n) is 3.54. The van der Waals surface area contributed by atoms with Crippen LogP contribution < -0.4 is 5.32 Å². The van der Waals surface area contributed by atoms with Gasteiger partial charge in [0.1, 0.15) is 0 Å². The van der Waals surface area contributed by atoms with Gasteiger partial charge in [-0.3, -0.25) is 4.79 Å². The number of nitrogens with one attached hydrogen (secondary N) is 1. The number of benzene rings is 1. The molecule has 3 rings (SSSR count). The SMILES string of the molecule is CN(C)C(CNC(=O)c1cccc(S(=O)(=O)N2CCCCCC2)c1)c1cccs1. The van der Waals surface area contributed by atoms with E-state index in [9.17, 15) is 13.2 Å². The maximum atomic E-state index is 13.0. The number of likely N-dealkylation sites (N-methyl/N-ethyl adjacent to an activating group) is 1. The molecule has 2 heterocycles. The number of rotatable bonds is 7. The van der Waals surface area contributed by atoms with Crippen molar-refractivity contribution in [1.29, 1.82) is 0 Å². The number of carbonyl (C=O) groups is 1. The predicted octanol–water partition coefficient (Wildman–Crippen LogP) is 3.35. The molecule has 0 bridgehead atoms. The van der Waals surface area contributed by atoms with E-state index in [1.54, 1.807) is 33.8 Å². The van der Waals surface area contributed by atoms with Crippen molar-refractivity contribution in [2.75, 3.05) is 33.7 Å². The summed E-state index contributed by atoms with van der Waals surface area (Å²) in [4.78, 5) is 16.1. The van der Waals surface area contributed by atoms with E-state index in [2.05, 4.69) is 16.3 Å². The highest BCUT2D eigenvalue weighted by Gasteiger charge is 2.26. The molecule has 1 aromatic carbocycles. The molecular formula is C21H29N3O3S2. The second-order valence-corrected chi connectivity index (χ2v) is 10.5. The average molecular weight is 436 g/mol. The van der Waals surface area contributed by atoms with Gasteiger partial charge in [0.05, 0.1) is 10.9 Å². The zero-order valence-electron chi connectivity index (χ0n) is 17.0. The summed E-state index contributed by atoms with van der Waals surface area (Å²) in [5, 5.41) is 4.97. The van der Waals surface area contributed by atoms with Gasteiger partial charge in [0.2, 0.25) is 10.0 Å². The van der Waals surface area contributed by atoms with E-state index in [1.807, 2.05) is 25.5 Å². The molecule has 29 heavy (non-hydrogen) atoms. The zero-order chi connectivity index (χ0) is 20.9. The molecule has 0 spiro atoms. The van der Waals surface area contributed by atoms with E-state index in [0.717, 1.165) is 25.7 Å². The van der Waals surface area contributed by atoms with Crippen molar-refractivity contribution in [3.63, 3.8) is 0 Å². The molecule has 1 N–H and O–H groups in total. The van der Waals surface area contributed by atoms with Crippen LogP contribution in [0.25, 0.3) is 0 Å². The van der Waals surface area contributed by atoms with Gasteiger partial charge in [0, 0.05) is 30.1 Å². The minimum atomic E-state index is -3.57. The molecule has 0 aliphatic carbocycles. The molecular weight excluding hydrogens is 406 g/mol. The van der Waals surface area contributed by atoms with E-state index >= 15 is 0 Å². The Kier molecular flexibility index (Phi) is 7.45. The summed E-state index contributed by atoms with van der Waals surface area (Å²) in [6.07, 6.45) is 3.89. The largest absolute Gasteiger partial charge is 0.350 e. The third-order valence-electron chi connectivity index (χ3n) is 5.25. The molecule has 1 aliphatic heterocycles. The van der Waals surface area contributed by atoms with Crippen LogP contribution in [0.15, 0.2) is 46.7 Å². The summed E-state index contributed by atoms with van der Waals surface area (Å²) in [7, 11) is 0.379. The first kappa shape index (κ1) is 22.0. The van der Waals surface area contributed by atoms with Crippen molar-refractivity contribution in [1.82, 2.24) is 14.5 Å². The van der Waals surface area contributed by atoms with Crippen molar-refractivity contribution >= 4 is 27.3 Å². The molecule has 1 amide bonds. The topological polar surface area (TPSA) is 69.7 Å². The number of sulfonamides is 1. The molecule has 6 nitrogen and oxygen atoms in total. The average Bonchev–Trinajstić information content (AvgIpc) is 3.08. The summed E-state index contributed by atoms with van der Waals surface area (Å²) in [5.74, 6) is -0.263. The van der Waals surface area contributed by atoms with Gasteiger partial charge in [0.25, 0.3) is 5.91 Å². The van der Waals surface area contributed by atoms with Gasteiger partial charge in [-0.15, -0.1) is 11.3 Å². The lowest BCUT2D eigenvalue weighted by molar-refractivity contribution is 0.0942. The lowest BCUT2D eigenvalue weighted by Crippen LogP contribution is -2.34. The second-order valence-electron chi connectivity index (χ2n) is 7.55. The van der Waals surface area contributed by atoms with Crippen LogP contribution >= 0.6 is 11.3 Å². The molecule has 2 aromatic rings. The third kappa shape index (κ3) is 5.45. The van der Waals surface area contributed by atoms with E-state index in [1.165, 1.54) is 10.9 Å². The predicted molar refractivity (Wildman–Crippen MR) is 117 cm³/mol. The highest BCUT2D eigenvalue weighted by molar-refractivity contribution is 7.89. The Labute approximate surface area is 177 Å². The Morgan fingerprint density at radius 3 is 2.48 bits per heavy atom. The Bertz CT molecular complexity index is 903. The van der Waals surface area contributed by atoms with Gasteiger partial charge in [-0.05, 0) is 56.6 Å². The lowest BCUT2D eigenvalue weighted by atomic mass is 10.2. The van der Waals surface area contributed by atoms with E-state index in [-0.39, 0.29) is 16.8 Å². The molecule has 0 saturated carbocycles. The Morgan fingerprint density at radius 1 is 1.14 bits per heavy atom. The van der Waals surface area contributed by atoms with Gasteiger partial charge in [0.15, 0.2) is 0 Å². The van der Waals surface area contributed by atoms with Crippen molar-refractivity contribution < 1.29 is 13.2 Å². The fraction of sp³-hybridized carbons (Fsp3) is 0.476. The number of hydrogen-bond donors (Lipinski definition) is 1. The van der Waals surface area contributed by atoms with Crippen LogP contribution in [0.3, 0.4) is 0 Å². The van der Waals surface area contributed by atoms with Crippen LogP contribution in [0.2, 0.25) is 0 Å². The summed E-state index contributed by atoms with van der Waals surface area (Å²) >= 11 is 1.65. The molecule has 0 radical (unpaired) electrons. The van der Waals surface area contributed by atoms with Gasteiger partial charge < -0.3 is 10.2 Å². The molecule has 1 atom stereocenters. The van der Waals surface area contributed by atoms with Gasteiger partial charge in [-0.1, -0.05) is 25.0 Å². The zero-order valence-corrected chi connectivity index (χ0v) is 18.6. The van der Waals surface area contributed by atoms with E-state index in [0.29, 0.717) is 25.2 Å². The van der Waals surface area contributed by atoms with E-state index < -0.39 is 10.0 Å². The Morgan fingerprint density at radius 2 is 1.86 bits per heavy atom. The minimum absolute atomic E-state index is 0.0722. The standard InChI is InChI=1S/C21H29N3O3S2/c1-23(2)19(20-11-8-14-28-20)16-22-21(25)17-9-7-10-18(15-17)29(26,27)24-12-5-3-4-6-13-24/h7-11,14-15,19H,3-6,12-13,16H2,1-2H3,(H,22,25). The van der Waals surface area contributed by atoms with Crippen molar-refractivity contribution in [2.24, 2.45) is 0 Å². The first-order chi connectivity index (χ1) is 13.9. The fourth-order valence-corrected chi connectivity index (χ4v) is 6.02. The Hall–Kier alpha value is -1.74. The first-order valence-corrected chi connectivity index (χ1v) is 12.3. The van der Waals surface area contributed by atoms with Crippen molar-refractivity contribution in [3.05, 3.63) is 52.2 Å². The van der Waals surface area contributed by atoms with Crippen molar-refractivity contribution in [3.8, 4) is 0 Å². The van der Waals surface area contributed by atoms with Crippen molar-refractivity contribution in [2.45, 2.75) is 36.6 Å². The summed E-state index contributed by atoms with van der Waals surface area (Å²) in [5.41, 5.74) is 0.365. The summed E-state index contributed by atoms with van der Waals surface area (Å²) in [6.45, 7) is 1.55. The second kappa shape index (κ2) is 9.84. The molecule has 1 fully saturated rings. The third-order valence-corrected chi connectivity index (χ3v) is 8.12. The monoisotopic (exact) mass is 435 g/mol. The Balaban J connectivity index is 1.72. The molecule has 1 unspecified atom stereocenters. The molecule has 1 saturated heterocycles. The maximum absolute atomic E-state index is 13.0.